The zero-order valence-electron chi connectivity index (χ0n) is 13.2. The van der Waals surface area contributed by atoms with Crippen molar-refractivity contribution >= 4 is 34.1 Å². The molecule has 0 saturated heterocycles. The number of anilines is 1. The van der Waals surface area contributed by atoms with Gasteiger partial charge in [0.15, 0.2) is 5.13 Å². The molecule has 1 amide bonds. The van der Waals surface area contributed by atoms with Crippen molar-refractivity contribution in [2.75, 3.05) is 11.1 Å². The van der Waals surface area contributed by atoms with Crippen molar-refractivity contribution in [1.82, 2.24) is 9.97 Å². The van der Waals surface area contributed by atoms with Gasteiger partial charge in [-0.25, -0.2) is 9.97 Å². The van der Waals surface area contributed by atoms with E-state index in [1.165, 1.54) is 16.9 Å². The summed E-state index contributed by atoms with van der Waals surface area (Å²) in [6, 6.07) is 14.0. The minimum atomic E-state index is -0.0248. The maximum absolute atomic E-state index is 12.0. The molecule has 4 nitrogen and oxygen atoms in total. The Kier molecular flexibility index (Phi) is 5.61. The Morgan fingerprint density at radius 2 is 2.04 bits per heavy atom. The number of rotatable bonds is 6. The SMILES string of the molecule is Cc1ccc(-c2csc(NC(=O)CCSc3ccccn3)n2)cc1. The van der Waals surface area contributed by atoms with Gasteiger partial charge in [-0.1, -0.05) is 35.9 Å². The minimum Gasteiger partial charge on any atom is -0.302 e. The van der Waals surface area contributed by atoms with Crippen molar-refractivity contribution in [3.8, 4) is 11.3 Å². The van der Waals surface area contributed by atoms with Crippen molar-refractivity contribution in [2.45, 2.75) is 18.4 Å². The molecule has 24 heavy (non-hydrogen) atoms. The maximum atomic E-state index is 12.0. The van der Waals surface area contributed by atoms with Gasteiger partial charge in [-0.2, -0.15) is 0 Å². The van der Waals surface area contributed by atoms with Gasteiger partial charge in [-0.15, -0.1) is 23.1 Å². The van der Waals surface area contributed by atoms with E-state index < -0.39 is 0 Å². The molecular formula is C18H17N3OS2. The minimum absolute atomic E-state index is 0.0248. The van der Waals surface area contributed by atoms with Gasteiger partial charge in [-0.05, 0) is 19.1 Å². The normalized spacial score (nSPS) is 10.5. The number of benzene rings is 1. The van der Waals surface area contributed by atoms with E-state index in [0.29, 0.717) is 17.3 Å². The summed E-state index contributed by atoms with van der Waals surface area (Å²) >= 11 is 3.02. The molecule has 122 valence electrons. The summed E-state index contributed by atoms with van der Waals surface area (Å²) in [7, 11) is 0. The van der Waals surface area contributed by atoms with Crippen molar-refractivity contribution in [2.24, 2.45) is 0 Å². The standard InChI is InChI=1S/C18H17N3OS2/c1-13-5-7-14(8-6-13)15-12-24-18(20-15)21-16(22)9-11-23-17-4-2-3-10-19-17/h2-8,10,12H,9,11H2,1H3,(H,20,21,22). The number of amides is 1. The lowest BCUT2D eigenvalue weighted by Gasteiger charge is -2.02. The van der Waals surface area contributed by atoms with Crippen LogP contribution in [-0.4, -0.2) is 21.6 Å². The Morgan fingerprint density at radius 1 is 1.21 bits per heavy atom. The average Bonchev–Trinajstić information content (AvgIpc) is 3.05. The molecule has 0 bridgehead atoms. The number of nitrogens with zero attached hydrogens (tertiary/aromatic N) is 2. The molecule has 6 heteroatoms. The lowest BCUT2D eigenvalue weighted by atomic mass is 10.1. The second-order valence-electron chi connectivity index (χ2n) is 5.22. The van der Waals surface area contributed by atoms with Crippen molar-refractivity contribution in [1.29, 1.82) is 0 Å². The molecule has 0 aliphatic heterocycles. The van der Waals surface area contributed by atoms with Crippen LogP contribution in [-0.2, 0) is 4.79 Å². The Morgan fingerprint density at radius 3 is 2.79 bits per heavy atom. The zero-order valence-corrected chi connectivity index (χ0v) is 14.9. The van der Waals surface area contributed by atoms with Crippen LogP contribution in [0, 0.1) is 6.92 Å². The highest BCUT2D eigenvalue weighted by Gasteiger charge is 2.08. The van der Waals surface area contributed by atoms with Gasteiger partial charge in [0.2, 0.25) is 5.91 Å². The van der Waals surface area contributed by atoms with Gasteiger partial charge in [0.05, 0.1) is 10.7 Å². The largest absolute Gasteiger partial charge is 0.302 e. The molecule has 1 N–H and O–H groups in total. The molecule has 2 aromatic heterocycles. The molecule has 0 saturated carbocycles. The van der Waals surface area contributed by atoms with E-state index in [0.717, 1.165) is 16.3 Å². The molecule has 0 fully saturated rings. The van der Waals surface area contributed by atoms with Crippen LogP contribution in [0.5, 0.6) is 0 Å². The number of hydrogen-bond donors (Lipinski definition) is 1. The summed E-state index contributed by atoms with van der Waals surface area (Å²) in [6.45, 7) is 2.06. The number of thioether (sulfide) groups is 1. The van der Waals surface area contributed by atoms with Crippen molar-refractivity contribution in [3.63, 3.8) is 0 Å². The first-order valence-corrected chi connectivity index (χ1v) is 9.43. The quantitative estimate of drug-likeness (QED) is 0.655. The van der Waals surface area contributed by atoms with E-state index in [1.807, 2.05) is 35.7 Å². The zero-order chi connectivity index (χ0) is 16.8. The lowest BCUT2D eigenvalue weighted by Crippen LogP contribution is -2.11. The van der Waals surface area contributed by atoms with Crippen LogP contribution >= 0.6 is 23.1 Å². The van der Waals surface area contributed by atoms with Crippen molar-refractivity contribution < 1.29 is 4.79 Å². The highest BCUT2D eigenvalue weighted by atomic mass is 32.2. The smallest absolute Gasteiger partial charge is 0.226 e. The number of carbonyl (C=O) groups is 1. The number of aryl methyl sites for hydroxylation is 1. The Balaban J connectivity index is 1.51. The molecule has 3 aromatic rings. The third-order valence-corrected chi connectivity index (χ3v) is 5.02. The maximum Gasteiger partial charge on any atom is 0.226 e. The number of carbonyl (C=O) groups excluding carboxylic acids is 1. The van der Waals surface area contributed by atoms with Crippen LogP contribution in [0.25, 0.3) is 11.3 Å². The van der Waals surface area contributed by atoms with Gasteiger partial charge >= 0.3 is 0 Å². The molecule has 0 radical (unpaired) electrons. The van der Waals surface area contributed by atoms with Gasteiger partial charge in [0.1, 0.15) is 0 Å². The van der Waals surface area contributed by atoms with Crippen LogP contribution in [0.2, 0.25) is 0 Å². The summed E-state index contributed by atoms with van der Waals surface area (Å²) in [4.78, 5) is 20.7. The van der Waals surface area contributed by atoms with Gasteiger partial charge in [0.25, 0.3) is 0 Å². The second kappa shape index (κ2) is 8.08. The molecule has 0 unspecified atom stereocenters. The van der Waals surface area contributed by atoms with Crippen LogP contribution in [0.15, 0.2) is 59.1 Å². The van der Waals surface area contributed by atoms with E-state index in [9.17, 15) is 4.79 Å². The van der Waals surface area contributed by atoms with Crippen LogP contribution in [0.4, 0.5) is 5.13 Å². The molecule has 2 heterocycles. The number of hydrogen-bond acceptors (Lipinski definition) is 5. The molecular weight excluding hydrogens is 338 g/mol. The predicted molar refractivity (Wildman–Crippen MR) is 100 cm³/mol. The number of thiazole rings is 1. The fourth-order valence-electron chi connectivity index (χ4n) is 2.05. The molecule has 0 atom stereocenters. The van der Waals surface area contributed by atoms with E-state index in [4.69, 9.17) is 0 Å². The first-order chi connectivity index (χ1) is 11.7. The molecule has 0 spiro atoms. The summed E-state index contributed by atoms with van der Waals surface area (Å²) in [5.41, 5.74) is 3.16. The number of nitrogens with one attached hydrogen (secondary N) is 1. The van der Waals surface area contributed by atoms with Crippen LogP contribution in [0.3, 0.4) is 0 Å². The first-order valence-electron chi connectivity index (χ1n) is 7.57. The van der Waals surface area contributed by atoms with E-state index >= 15 is 0 Å². The molecule has 1 aromatic carbocycles. The van der Waals surface area contributed by atoms with Gasteiger partial charge < -0.3 is 5.32 Å². The molecule has 0 aliphatic carbocycles. The molecule has 3 rings (SSSR count). The van der Waals surface area contributed by atoms with E-state index in [1.54, 1.807) is 18.0 Å². The summed E-state index contributed by atoms with van der Waals surface area (Å²) in [5.74, 6) is 0.669. The summed E-state index contributed by atoms with van der Waals surface area (Å²) < 4.78 is 0. The van der Waals surface area contributed by atoms with Crippen molar-refractivity contribution in [3.05, 3.63) is 59.6 Å². The monoisotopic (exact) mass is 355 g/mol. The van der Waals surface area contributed by atoms with Crippen LogP contribution < -0.4 is 5.32 Å². The van der Waals surface area contributed by atoms with Gasteiger partial charge in [0, 0.05) is 29.3 Å². The van der Waals surface area contributed by atoms with Gasteiger partial charge in [-0.3, -0.25) is 4.79 Å². The molecule has 0 aliphatic rings. The number of pyridine rings is 1. The Labute approximate surface area is 149 Å². The third-order valence-electron chi connectivity index (χ3n) is 3.31. The highest BCUT2D eigenvalue weighted by molar-refractivity contribution is 7.99. The number of aromatic nitrogens is 2. The van der Waals surface area contributed by atoms with Crippen LogP contribution in [0.1, 0.15) is 12.0 Å². The third kappa shape index (κ3) is 4.66. The van der Waals surface area contributed by atoms with E-state index in [-0.39, 0.29) is 5.91 Å². The highest BCUT2D eigenvalue weighted by Crippen LogP contribution is 2.25. The Bertz CT molecular complexity index is 801. The predicted octanol–water partition coefficient (Wildman–Crippen LogP) is 4.63. The lowest BCUT2D eigenvalue weighted by molar-refractivity contribution is -0.115. The van der Waals surface area contributed by atoms with E-state index in [2.05, 4.69) is 34.3 Å². The fourth-order valence-corrected chi connectivity index (χ4v) is 3.59. The Hall–Kier alpha value is -2.18. The second-order valence-corrected chi connectivity index (χ2v) is 7.19. The topological polar surface area (TPSA) is 54.9 Å². The fraction of sp³-hybridized carbons (Fsp3) is 0.167. The average molecular weight is 355 g/mol. The summed E-state index contributed by atoms with van der Waals surface area (Å²) in [5, 5.41) is 6.39. The first kappa shape index (κ1) is 16.7. The summed E-state index contributed by atoms with van der Waals surface area (Å²) in [6.07, 6.45) is 2.19.